The minimum absolute atomic E-state index is 0.0627. The van der Waals surface area contributed by atoms with E-state index in [0.29, 0.717) is 6.42 Å². The molecule has 118 valence electrons. The van der Waals surface area contributed by atoms with E-state index in [-0.39, 0.29) is 17.9 Å². The molecule has 0 rings (SSSR count). The van der Waals surface area contributed by atoms with Crippen molar-refractivity contribution in [2.24, 2.45) is 11.3 Å². The Hall–Kier alpha value is -0.710. The lowest BCUT2D eigenvalue weighted by Gasteiger charge is -2.31. The van der Waals surface area contributed by atoms with Crippen molar-refractivity contribution in [3.8, 4) is 0 Å². The number of thiol groups is 1. The Morgan fingerprint density at radius 1 is 1.15 bits per heavy atom. The third-order valence-corrected chi connectivity index (χ3v) is 3.01. The molecule has 2 unspecified atom stereocenters. The first-order chi connectivity index (χ1) is 8.90. The van der Waals surface area contributed by atoms with Gasteiger partial charge in [-0.05, 0) is 25.7 Å². The maximum atomic E-state index is 12.3. The van der Waals surface area contributed by atoms with Crippen molar-refractivity contribution in [1.29, 1.82) is 0 Å². The second-order valence-electron chi connectivity index (χ2n) is 6.83. The lowest BCUT2D eigenvalue weighted by Crippen LogP contribution is -2.42. The summed E-state index contributed by atoms with van der Waals surface area (Å²) in [6.07, 6.45) is -0.329. The second kappa shape index (κ2) is 7.34. The van der Waals surface area contributed by atoms with Crippen LogP contribution >= 0.6 is 12.6 Å². The van der Waals surface area contributed by atoms with Gasteiger partial charge in [0.25, 0.3) is 0 Å². The molecule has 0 saturated heterocycles. The third kappa shape index (κ3) is 6.64. The molecule has 0 aliphatic heterocycles. The van der Waals surface area contributed by atoms with Crippen molar-refractivity contribution < 1.29 is 19.1 Å². The molecule has 0 bridgehead atoms. The van der Waals surface area contributed by atoms with E-state index in [1.807, 2.05) is 34.6 Å². The van der Waals surface area contributed by atoms with E-state index in [4.69, 9.17) is 9.47 Å². The van der Waals surface area contributed by atoms with E-state index in [0.717, 1.165) is 0 Å². The van der Waals surface area contributed by atoms with Gasteiger partial charge in [-0.2, -0.15) is 12.6 Å². The SMILES string of the molecule is CCOC(=O)C(OC(=O)C(C)(S)CC(C)(C)C)C(C)C. The lowest BCUT2D eigenvalue weighted by molar-refractivity contribution is -0.172. The predicted molar refractivity (Wildman–Crippen MR) is 82.8 cm³/mol. The van der Waals surface area contributed by atoms with Crippen LogP contribution in [0.1, 0.15) is 54.9 Å². The van der Waals surface area contributed by atoms with Crippen LogP contribution in [0.2, 0.25) is 0 Å². The highest BCUT2D eigenvalue weighted by atomic mass is 32.1. The van der Waals surface area contributed by atoms with Gasteiger partial charge in [-0.15, -0.1) is 0 Å². The number of carbonyl (C=O) groups excluding carboxylic acids is 2. The average molecular weight is 304 g/mol. The minimum Gasteiger partial charge on any atom is -0.463 e. The van der Waals surface area contributed by atoms with Crippen LogP contribution in [0.3, 0.4) is 0 Å². The van der Waals surface area contributed by atoms with Gasteiger partial charge in [0.15, 0.2) is 0 Å². The van der Waals surface area contributed by atoms with Gasteiger partial charge in [0.2, 0.25) is 6.10 Å². The molecule has 5 heteroatoms. The largest absolute Gasteiger partial charge is 0.463 e. The molecule has 0 fully saturated rings. The van der Waals surface area contributed by atoms with Crippen LogP contribution < -0.4 is 0 Å². The average Bonchev–Trinajstić information content (AvgIpc) is 2.21. The quantitative estimate of drug-likeness (QED) is 0.604. The van der Waals surface area contributed by atoms with Gasteiger partial charge < -0.3 is 9.47 Å². The highest BCUT2D eigenvalue weighted by molar-refractivity contribution is 7.82. The number of hydrogen-bond acceptors (Lipinski definition) is 5. The fourth-order valence-corrected chi connectivity index (χ4v) is 2.55. The summed E-state index contributed by atoms with van der Waals surface area (Å²) in [5.41, 5.74) is -0.0627. The summed E-state index contributed by atoms with van der Waals surface area (Å²) in [4.78, 5) is 24.1. The first-order valence-corrected chi connectivity index (χ1v) is 7.45. The molecule has 0 N–H and O–H groups in total. The van der Waals surface area contributed by atoms with E-state index >= 15 is 0 Å². The molecule has 0 aliphatic carbocycles. The summed E-state index contributed by atoms with van der Waals surface area (Å²) >= 11 is 4.41. The van der Waals surface area contributed by atoms with Gasteiger partial charge in [0, 0.05) is 5.92 Å². The number of ether oxygens (including phenoxy) is 2. The Morgan fingerprint density at radius 3 is 2.00 bits per heavy atom. The van der Waals surface area contributed by atoms with Crippen LogP contribution in [-0.2, 0) is 19.1 Å². The molecule has 20 heavy (non-hydrogen) atoms. The van der Waals surface area contributed by atoms with Crippen molar-refractivity contribution in [2.75, 3.05) is 6.61 Å². The van der Waals surface area contributed by atoms with E-state index < -0.39 is 22.8 Å². The maximum absolute atomic E-state index is 12.3. The van der Waals surface area contributed by atoms with E-state index in [1.54, 1.807) is 13.8 Å². The van der Waals surface area contributed by atoms with Crippen molar-refractivity contribution in [3.63, 3.8) is 0 Å². The number of hydrogen-bond donors (Lipinski definition) is 1. The lowest BCUT2D eigenvalue weighted by atomic mass is 9.85. The van der Waals surface area contributed by atoms with Crippen molar-refractivity contribution in [1.82, 2.24) is 0 Å². The highest BCUT2D eigenvalue weighted by Gasteiger charge is 2.38. The molecule has 2 atom stereocenters. The van der Waals surface area contributed by atoms with Gasteiger partial charge in [0.05, 0.1) is 6.61 Å². The predicted octanol–water partition coefficient (Wildman–Crippen LogP) is 3.24. The minimum atomic E-state index is -0.933. The van der Waals surface area contributed by atoms with Gasteiger partial charge >= 0.3 is 11.9 Å². The summed E-state index contributed by atoms with van der Waals surface area (Å²) in [5, 5.41) is 0. The summed E-state index contributed by atoms with van der Waals surface area (Å²) in [6.45, 7) is 13.4. The van der Waals surface area contributed by atoms with Crippen molar-refractivity contribution >= 4 is 24.6 Å². The van der Waals surface area contributed by atoms with Crippen LogP contribution in [0.15, 0.2) is 0 Å². The zero-order chi connectivity index (χ0) is 16.1. The third-order valence-electron chi connectivity index (χ3n) is 2.67. The summed E-state index contributed by atoms with van der Waals surface area (Å²) in [7, 11) is 0. The summed E-state index contributed by atoms with van der Waals surface area (Å²) in [5.74, 6) is -1.13. The van der Waals surface area contributed by atoms with Crippen molar-refractivity contribution in [3.05, 3.63) is 0 Å². The zero-order valence-electron chi connectivity index (χ0n) is 13.6. The van der Waals surface area contributed by atoms with Gasteiger partial charge in [-0.25, -0.2) is 4.79 Å². The highest BCUT2D eigenvalue weighted by Crippen LogP contribution is 2.33. The molecule has 4 nitrogen and oxygen atoms in total. The van der Waals surface area contributed by atoms with Gasteiger partial charge in [-0.1, -0.05) is 34.6 Å². The van der Waals surface area contributed by atoms with Gasteiger partial charge in [-0.3, -0.25) is 4.79 Å². The molecule has 0 heterocycles. The first-order valence-electron chi connectivity index (χ1n) is 7.01. The Balaban J connectivity index is 4.88. The Bertz CT molecular complexity index is 342. The van der Waals surface area contributed by atoms with Crippen LogP contribution in [0.5, 0.6) is 0 Å². The van der Waals surface area contributed by atoms with Crippen molar-refractivity contribution in [2.45, 2.75) is 65.7 Å². The molecular formula is C15H28O4S. The first kappa shape index (κ1) is 19.3. The van der Waals surface area contributed by atoms with Crippen LogP contribution in [0.4, 0.5) is 0 Å². The number of carbonyl (C=O) groups is 2. The van der Waals surface area contributed by atoms with Gasteiger partial charge in [0.1, 0.15) is 4.75 Å². The van der Waals surface area contributed by atoms with E-state index in [9.17, 15) is 9.59 Å². The monoisotopic (exact) mass is 304 g/mol. The van der Waals surface area contributed by atoms with E-state index in [1.165, 1.54) is 0 Å². The maximum Gasteiger partial charge on any atom is 0.347 e. The smallest absolute Gasteiger partial charge is 0.347 e. The fraction of sp³-hybridized carbons (Fsp3) is 0.867. The number of esters is 2. The van der Waals surface area contributed by atoms with E-state index in [2.05, 4.69) is 12.6 Å². The molecule has 0 aromatic heterocycles. The Morgan fingerprint density at radius 2 is 1.65 bits per heavy atom. The summed E-state index contributed by atoms with van der Waals surface area (Å²) in [6, 6.07) is 0. The molecule has 0 saturated carbocycles. The Labute approximate surface area is 128 Å². The molecule has 0 radical (unpaired) electrons. The standard InChI is InChI=1S/C15H28O4S/c1-8-18-12(16)11(10(2)3)19-13(17)15(7,20)9-14(4,5)6/h10-11,20H,8-9H2,1-7H3. The molecule has 0 aromatic carbocycles. The molecule has 0 spiro atoms. The molecule has 0 aromatic rings. The molecule has 0 aliphatic rings. The Kier molecular flexibility index (Phi) is 7.08. The van der Waals surface area contributed by atoms with Crippen LogP contribution in [-0.4, -0.2) is 29.4 Å². The topological polar surface area (TPSA) is 52.6 Å². The number of rotatable bonds is 6. The second-order valence-corrected chi connectivity index (χ2v) is 7.82. The molecular weight excluding hydrogens is 276 g/mol. The molecule has 0 amide bonds. The summed E-state index contributed by atoms with van der Waals surface area (Å²) < 4.78 is 9.35. The van der Waals surface area contributed by atoms with Crippen LogP contribution in [0.25, 0.3) is 0 Å². The zero-order valence-corrected chi connectivity index (χ0v) is 14.5. The van der Waals surface area contributed by atoms with Crippen LogP contribution in [0, 0.1) is 11.3 Å². The fourth-order valence-electron chi connectivity index (χ4n) is 2.03. The normalized spacial score (nSPS) is 16.4.